The van der Waals surface area contributed by atoms with E-state index < -0.39 is 0 Å². The van der Waals surface area contributed by atoms with E-state index in [2.05, 4.69) is 11.4 Å². The Bertz CT molecular complexity index is 152. The first-order chi connectivity index (χ1) is 5.79. The molecule has 0 bridgehead atoms. The monoisotopic (exact) mass is 169 g/mol. The van der Waals surface area contributed by atoms with E-state index in [-0.39, 0.29) is 6.10 Å². The first-order valence-corrected chi connectivity index (χ1v) is 4.85. The molecule has 2 N–H and O–H groups in total. The van der Waals surface area contributed by atoms with Gasteiger partial charge in [-0.2, -0.15) is 0 Å². The second kappa shape index (κ2) is 5.33. The summed E-state index contributed by atoms with van der Waals surface area (Å²) < 4.78 is 0. The molecule has 1 rings (SSSR count). The number of hydrogen-bond acceptors (Lipinski definition) is 2. The van der Waals surface area contributed by atoms with Crippen molar-refractivity contribution in [3.8, 4) is 0 Å². The van der Waals surface area contributed by atoms with Crippen LogP contribution in [0.1, 0.15) is 32.6 Å². The fourth-order valence-corrected chi connectivity index (χ4v) is 1.52. The highest BCUT2D eigenvalue weighted by Crippen LogP contribution is 2.19. The summed E-state index contributed by atoms with van der Waals surface area (Å²) in [5, 5.41) is 12.2. The minimum absolute atomic E-state index is 0.220. The van der Waals surface area contributed by atoms with E-state index in [0.29, 0.717) is 6.54 Å². The van der Waals surface area contributed by atoms with Crippen LogP contribution in [0, 0.1) is 0 Å². The van der Waals surface area contributed by atoms with E-state index in [0.717, 1.165) is 13.0 Å². The van der Waals surface area contributed by atoms with Crippen LogP contribution >= 0.6 is 0 Å². The second-order valence-electron chi connectivity index (χ2n) is 3.56. The minimum atomic E-state index is -0.220. The van der Waals surface area contributed by atoms with Gasteiger partial charge < -0.3 is 10.4 Å². The second-order valence-corrected chi connectivity index (χ2v) is 3.56. The third-order valence-electron chi connectivity index (χ3n) is 2.20. The number of aliphatic hydroxyl groups excluding tert-OH is 1. The zero-order valence-electron chi connectivity index (χ0n) is 7.84. The molecule has 2 nitrogen and oxygen atoms in total. The molecule has 70 valence electrons. The van der Waals surface area contributed by atoms with Crippen molar-refractivity contribution in [2.45, 2.75) is 38.7 Å². The van der Waals surface area contributed by atoms with E-state index in [1.54, 1.807) is 5.57 Å². The van der Waals surface area contributed by atoms with Crippen LogP contribution in [-0.2, 0) is 0 Å². The summed E-state index contributed by atoms with van der Waals surface area (Å²) in [7, 11) is 0. The minimum Gasteiger partial charge on any atom is -0.392 e. The fourth-order valence-electron chi connectivity index (χ4n) is 1.52. The molecule has 0 spiro atoms. The zero-order valence-corrected chi connectivity index (χ0v) is 7.84. The Hall–Kier alpha value is -0.340. The Balaban J connectivity index is 1.95. The molecule has 2 heteroatoms. The van der Waals surface area contributed by atoms with Gasteiger partial charge in [-0.3, -0.25) is 0 Å². The van der Waals surface area contributed by atoms with Gasteiger partial charge in [0.05, 0.1) is 6.10 Å². The van der Waals surface area contributed by atoms with Gasteiger partial charge in [0, 0.05) is 6.54 Å². The third-order valence-corrected chi connectivity index (χ3v) is 2.20. The normalized spacial score (nSPS) is 19.3. The summed E-state index contributed by atoms with van der Waals surface area (Å²) in [5.41, 5.74) is 1.59. The van der Waals surface area contributed by atoms with Gasteiger partial charge in [0.1, 0.15) is 0 Å². The molecule has 0 aliphatic heterocycles. The quantitative estimate of drug-likeness (QED) is 0.482. The Morgan fingerprint density at radius 2 is 2.50 bits per heavy atom. The van der Waals surface area contributed by atoms with Crippen molar-refractivity contribution >= 4 is 0 Å². The summed E-state index contributed by atoms with van der Waals surface area (Å²) in [5.74, 6) is 0. The van der Waals surface area contributed by atoms with Crippen LogP contribution in [0.2, 0.25) is 0 Å². The zero-order chi connectivity index (χ0) is 8.81. The smallest absolute Gasteiger partial charge is 0.0636 e. The molecule has 0 aromatic rings. The first-order valence-electron chi connectivity index (χ1n) is 4.85. The summed E-state index contributed by atoms with van der Waals surface area (Å²) in [6.45, 7) is 3.53. The number of allylic oxidation sites excluding steroid dienone is 1. The van der Waals surface area contributed by atoms with Crippen molar-refractivity contribution in [3.05, 3.63) is 11.6 Å². The highest BCUT2D eigenvalue weighted by molar-refractivity contribution is 5.07. The number of rotatable bonds is 5. The van der Waals surface area contributed by atoms with Crippen molar-refractivity contribution in [2.24, 2.45) is 0 Å². The van der Waals surface area contributed by atoms with E-state index in [4.69, 9.17) is 5.11 Å². The lowest BCUT2D eigenvalue weighted by Gasteiger charge is -2.06. The molecular formula is C10H19NO. The average Bonchev–Trinajstić information content (AvgIpc) is 2.49. The molecule has 12 heavy (non-hydrogen) atoms. The van der Waals surface area contributed by atoms with E-state index >= 15 is 0 Å². The molecule has 1 aliphatic rings. The Morgan fingerprint density at radius 3 is 3.08 bits per heavy atom. The van der Waals surface area contributed by atoms with Gasteiger partial charge in [0.15, 0.2) is 0 Å². The van der Waals surface area contributed by atoms with Crippen LogP contribution in [0.3, 0.4) is 0 Å². The summed E-state index contributed by atoms with van der Waals surface area (Å²) in [6.07, 6.45) is 7.19. The van der Waals surface area contributed by atoms with Crippen molar-refractivity contribution < 1.29 is 5.11 Å². The van der Waals surface area contributed by atoms with Crippen LogP contribution in [0.4, 0.5) is 0 Å². The highest BCUT2D eigenvalue weighted by Gasteiger charge is 2.03. The van der Waals surface area contributed by atoms with Gasteiger partial charge in [-0.1, -0.05) is 11.6 Å². The average molecular weight is 169 g/mol. The van der Waals surface area contributed by atoms with Crippen LogP contribution < -0.4 is 5.32 Å². The fraction of sp³-hybridized carbons (Fsp3) is 0.800. The molecule has 0 unspecified atom stereocenters. The van der Waals surface area contributed by atoms with Gasteiger partial charge in [0.25, 0.3) is 0 Å². The molecule has 1 atom stereocenters. The summed E-state index contributed by atoms with van der Waals surface area (Å²) >= 11 is 0. The first kappa shape index (κ1) is 9.75. The number of aliphatic hydroxyl groups is 1. The largest absolute Gasteiger partial charge is 0.392 e. The molecule has 0 saturated carbocycles. The van der Waals surface area contributed by atoms with Crippen LogP contribution in [0.25, 0.3) is 0 Å². The summed E-state index contributed by atoms with van der Waals surface area (Å²) in [4.78, 5) is 0. The van der Waals surface area contributed by atoms with Gasteiger partial charge in [0.2, 0.25) is 0 Å². The third kappa shape index (κ3) is 3.88. The number of nitrogens with one attached hydrogen (secondary N) is 1. The number of hydrogen-bond donors (Lipinski definition) is 2. The maximum Gasteiger partial charge on any atom is 0.0636 e. The standard InChI is InChI=1S/C10H19NO/c1-9(12)8-11-7-6-10-4-2-3-5-10/h4,9,11-12H,2-3,5-8H2,1H3/t9-/m1/s1. The molecule has 1 aliphatic carbocycles. The highest BCUT2D eigenvalue weighted by atomic mass is 16.3. The Labute approximate surface area is 74.7 Å². The maximum atomic E-state index is 8.97. The lowest BCUT2D eigenvalue weighted by atomic mass is 10.2. The van der Waals surface area contributed by atoms with Gasteiger partial charge in [-0.25, -0.2) is 0 Å². The van der Waals surface area contributed by atoms with Crippen molar-refractivity contribution in [1.29, 1.82) is 0 Å². The molecule has 0 saturated heterocycles. The molecular weight excluding hydrogens is 150 g/mol. The maximum absolute atomic E-state index is 8.97. The van der Waals surface area contributed by atoms with Crippen molar-refractivity contribution in [2.75, 3.05) is 13.1 Å². The molecule has 0 fully saturated rings. The topological polar surface area (TPSA) is 32.3 Å². The molecule has 0 radical (unpaired) electrons. The van der Waals surface area contributed by atoms with Gasteiger partial charge in [-0.15, -0.1) is 0 Å². The summed E-state index contributed by atoms with van der Waals surface area (Å²) in [6, 6.07) is 0. The van der Waals surface area contributed by atoms with E-state index in [1.807, 2.05) is 6.92 Å². The van der Waals surface area contributed by atoms with Crippen molar-refractivity contribution in [1.82, 2.24) is 5.32 Å². The predicted molar refractivity (Wildman–Crippen MR) is 51.1 cm³/mol. The molecule has 0 aromatic heterocycles. The van der Waals surface area contributed by atoms with E-state index in [1.165, 1.54) is 19.3 Å². The molecule has 0 aromatic carbocycles. The Morgan fingerprint density at radius 1 is 1.67 bits per heavy atom. The lowest BCUT2D eigenvalue weighted by molar-refractivity contribution is 0.191. The van der Waals surface area contributed by atoms with Gasteiger partial charge >= 0.3 is 0 Å². The van der Waals surface area contributed by atoms with Crippen LogP contribution in [0.5, 0.6) is 0 Å². The molecule has 0 heterocycles. The van der Waals surface area contributed by atoms with Crippen molar-refractivity contribution in [3.63, 3.8) is 0 Å². The van der Waals surface area contributed by atoms with Crippen LogP contribution in [-0.4, -0.2) is 24.3 Å². The van der Waals surface area contributed by atoms with Gasteiger partial charge in [-0.05, 0) is 39.2 Å². The predicted octanol–water partition coefficient (Wildman–Crippen LogP) is 1.46. The Kier molecular flexibility index (Phi) is 4.33. The lowest BCUT2D eigenvalue weighted by Crippen LogP contribution is -2.25. The van der Waals surface area contributed by atoms with E-state index in [9.17, 15) is 0 Å². The van der Waals surface area contributed by atoms with Crippen LogP contribution in [0.15, 0.2) is 11.6 Å². The SMILES string of the molecule is C[C@@H](O)CNCCC1=CCCC1. The molecule has 0 amide bonds.